The Balaban J connectivity index is 1.39. The number of sulfonamides is 1. The molecule has 2 fully saturated rings. The molecule has 0 spiro atoms. The summed E-state index contributed by atoms with van der Waals surface area (Å²) in [5.74, 6) is -4.36. The minimum Gasteiger partial charge on any atom is -0.293 e. The number of carbonyl (C=O) groups is 1. The highest BCUT2D eigenvalue weighted by atomic mass is 32.2. The lowest BCUT2D eigenvalue weighted by Crippen LogP contribution is -2.65. The predicted octanol–water partition coefficient (Wildman–Crippen LogP) is 1.75. The summed E-state index contributed by atoms with van der Waals surface area (Å²) in [6.07, 6.45) is 2.62. The van der Waals surface area contributed by atoms with Gasteiger partial charge in [-0.15, -0.1) is 5.10 Å². The highest BCUT2D eigenvalue weighted by Gasteiger charge is 2.59. The maximum Gasteiger partial charge on any atom is 0.511 e. The van der Waals surface area contributed by atoms with Gasteiger partial charge in [-0.25, -0.2) is 22.2 Å². The zero-order valence-corrected chi connectivity index (χ0v) is 19.3. The third kappa shape index (κ3) is 4.17. The van der Waals surface area contributed by atoms with Crippen molar-refractivity contribution in [2.45, 2.75) is 36.2 Å². The van der Waals surface area contributed by atoms with Crippen LogP contribution in [0.3, 0.4) is 0 Å². The lowest BCUT2D eigenvalue weighted by Gasteiger charge is -2.47. The summed E-state index contributed by atoms with van der Waals surface area (Å²) in [5.41, 5.74) is -6.25. The van der Waals surface area contributed by atoms with E-state index in [1.807, 2.05) is 6.07 Å². The third-order valence-corrected chi connectivity index (χ3v) is 7.78. The van der Waals surface area contributed by atoms with Crippen LogP contribution in [0.2, 0.25) is 0 Å². The molecule has 1 amide bonds. The van der Waals surface area contributed by atoms with E-state index in [9.17, 15) is 40.4 Å². The van der Waals surface area contributed by atoms with Crippen LogP contribution in [0.25, 0.3) is 17.0 Å². The van der Waals surface area contributed by atoms with E-state index in [2.05, 4.69) is 25.5 Å². The van der Waals surface area contributed by atoms with Gasteiger partial charge in [0, 0.05) is 50.3 Å². The van der Waals surface area contributed by atoms with Crippen molar-refractivity contribution in [3.8, 4) is 17.5 Å². The average Bonchev–Trinajstić information content (AvgIpc) is 3.40. The molecule has 3 aromatic heterocycles. The lowest BCUT2D eigenvalue weighted by atomic mass is 9.81. The molecule has 0 aromatic carbocycles. The number of amides is 1. The van der Waals surface area contributed by atoms with Crippen molar-refractivity contribution in [3.05, 3.63) is 24.7 Å². The Morgan fingerprint density at radius 1 is 1.27 bits per heavy atom. The fourth-order valence-corrected chi connectivity index (χ4v) is 5.35. The smallest absolute Gasteiger partial charge is 0.293 e. The first-order chi connectivity index (χ1) is 17.2. The van der Waals surface area contributed by atoms with Crippen molar-refractivity contribution >= 4 is 27.5 Å². The molecule has 37 heavy (non-hydrogen) atoms. The van der Waals surface area contributed by atoms with E-state index in [4.69, 9.17) is 0 Å². The molecule has 1 N–H and O–H groups in total. The van der Waals surface area contributed by atoms with Gasteiger partial charge in [-0.1, -0.05) is 0 Å². The number of nitrogens with zero attached hydrogens (tertiary/aromatic N) is 8. The number of anilines is 1. The minimum absolute atomic E-state index is 0.144. The lowest BCUT2D eigenvalue weighted by molar-refractivity contribution is -0.145. The molecule has 1 saturated heterocycles. The maximum atomic E-state index is 13.1. The summed E-state index contributed by atoms with van der Waals surface area (Å²) in [6, 6.07) is 3.32. The van der Waals surface area contributed by atoms with Crippen molar-refractivity contribution in [1.82, 2.24) is 33.7 Å². The van der Waals surface area contributed by atoms with Crippen molar-refractivity contribution in [1.29, 1.82) is 5.26 Å². The molecule has 4 heterocycles. The molecule has 196 valence electrons. The van der Waals surface area contributed by atoms with Crippen LogP contribution in [0.5, 0.6) is 0 Å². The van der Waals surface area contributed by atoms with Crippen molar-refractivity contribution in [3.63, 3.8) is 0 Å². The summed E-state index contributed by atoms with van der Waals surface area (Å²) in [5, 5.41) is 19.9. The number of aromatic nitrogens is 6. The van der Waals surface area contributed by atoms with E-state index in [0.717, 1.165) is 0 Å². The van der Waals surface area contributed by atoms with E-state index in [-0.39, 0.29) is 28.1 Å². The van der Waals surface area contributed by atoms with E-state index >= 15 is 0 Å². The summed E-state index contributed by atoms with van der Waals surface area (Å²) in [4.78, 5) is 20.5. The largest absolute Gasteiger partial charge is 0.511 e. The Morgan fingerprint density at radius 2 is 1.97 bits per heavy atom. The second-order valence-electron chi connectivity index (χ2n) is 8.88. The summed E-state index contributed by atoms with van der Waals surface area (Å²) in [7, 11) is -5.56. The number of hydrogen-bond donors (Lipinski definition) is 1. The molecule has 0 atom stereocenters. The minimum atomic E-state index is -5.56. The van der Waals surface area contributed by atoms with Gasteiger partial charge in [-0.3, -0.25) is 14.8 Å². The second kappa shape index (κ2) is 8.14. The topological polar surface area (TPSA) is 151 Å². The van der Waals surface area contributed by atoms with E-state index in [0.29, 0.717) is 5.56 Å². The molecule has 1 aliphatic heterocycles. The zero-order chi connectivity index (χ0) is 26.8. The highest BCUT2D eigenvalue weighted by Crippen LogP contribution is 2.43. The molecule has 12 nitrogen and oxygen atoms in total. The third-order valence-electron chi connectivity index (χ3n) is 6.26. The number of rotatable bonds is 6. The summed E-state index contributed by atoms with van der Waals surface area (Å²) < 4.78 is 90.9. The van der Waals surface area contributed by atoms with Gasteiger partial charge in [0.2, 0.25) is 17.8 Å². The molecule has 3 aromatic rings. The first kappa shape index (κ1) is 25.0. The van der Waals surface area contributed by atoms with Gasteiger partial charge in [-0.2, -0.15) is 37.3 Å². The molecule has 0 unspecified atom stereocenters. The van der Waals surface area contributed by atoms with Crippen LogP contribution in [-0.4, -0.2) is 72.5 Å². The van der Waals surface area contributed by atoms with Gasteiger partial charge in [-0.05, 0) is 0 Å². The molecule has 1 aliphatic carbocycles. The van der Waals surface area contributed by atoms with Gasteiger partial charge in [0.05, 0.1) is 24.3 Å². The number of alkyl halides is 5. The Hall–Kier alpha value is -3.72. The second-order valence-corrected chi connectivity index (χ2v) is 10.8. The van der Waals surface area contributed by atoms with Crippen LogP contribution < -0.4 is 5.32 Å². The number of nitriles is 1. The molecule has 0 radical (unpaired) electrons. The first-order valence-electron chi connectivity index (χ1n) is 10.6. The van der Waals surface area contributed by atoms with Gasteiger partial charge < -0.3 is 0 Å². The maximum absolute atomic E-state index is 13.1. The Labute approximate surface area is 204 Å². The van der Waals surface area contributed by atoms with Crippen LogP contribution >= 0.6 is 0 Å². The number of nitrogens with one attached hydrogen (secondary N) is 1. The molecular formula is C19H16F5N9O3S. The highest BCUT2D eigenvalue weighted by molar-refractivity contribution is 7.90. The Kier molecular flexibility index (Phi) is 5.49. The normalized spacial score (nSPS) is 19.7. The zero-order valence-electron chi connectivity index (χ0n) is 18.5. The Bertz CT molecular complexity index is 1530. The standard InChI is InChI=1S/C19H16F5N9O3S/c20-18(21)5-11(6-18)15(34)29-16-28-13-1-4-26-14(33(13)30-16)12-7-27-32(8-12)17(2-3-25)9-31(10-17)37(35,36)19(22,23)24/h1,4,7-8,11H,2,5-6,9-10H2,(H,29,30,34). The van der Waals surface area contributed by atoms with E-state index in [1.54, 1.807) is 0 Å². The first-order valence-corrected chi connectivity index (χ1v) is 12.1. The van der Waals surface area contributed by atoms with Crippen LogP contribution in [-0.2, 0) is 20.4 Å². The molecule has 2 aliphatic rings. The predicted molar refractivity (Wildman–Crippen MR) is 113 cm³/mol. The summed E-state index contributed by atoms with van der Waals surface area (Å²) >= 11 is 0. The number of fused-ring (bicyclic) bond motifs is 1. The number of halogens is 5. The van der Waals surface area contributed by atoms with Crippen LogP contribution in [0.1, 0.15) is 19.3 Å². The van der Waals surface area contributed by atoms with Crippen molar-refractivity contribution < 1.29 is 35.2 Å². The fraction of sp³-hybridized carbons (Fsp3) is 0.474. The van der Waals surface area contributed by atoms with Crippen molar-refractivity contribution in [2.24, 2.45) is 5.92 Å². The van der Waals surface area contributed by atoms with Crippen LogP contribution in [0, 0.1) is 17.2 Å². The van der Waals surface area contributed by atoms with Crippen LogP contribution in [0.15, 0.2) is 24.7 Å². The fourth-order valence-electron chi connectivity index (χ4n) is 4.23. The SMILES string of the molecule is N#CCC1(n2cc(-c3nccc4nc(NC(=O)C5CC(F)(F)C5)nn34)cn2)CN(S(=O)(=O)C(F)(F)F)C1. The quantitative estimate of drug-likeness (QED) is 0.460. The number of carbonyl (C=O) groups excluding carboxylic acids is 1. The summed E-state index contributed by atoms with van der Waals surface area (Å²) in [6.45, 7) is -1.22. The molecule has 1 saturated carbocycles. The van der Waals surface area contributed by atoms with E-state index < -0.39 is 64.7 Å². The van der Waals surface area contributed by atoms with Gasteiger partial charge >= 0.3 is 15.5 Å². The monoisotopic (exact) mass is 545 g/mol. The van der Waals surface area contributed by atoms with Gasteiger partial charge in [0.25, 0.3) is 0 Å². The molecule has 18 heteroatoms. The van der Waals surface area contributed by atoms with Crippen molar-refractivity contribution in [2.75, 3.05) is 18.4 Å². The molecule has 0 bridgehead atoms. The molecule has 5 rings (SSSR count). The Morgan fingerprint density at radius 3 is 2.59 bits per heavy atom. The van der Waals surface area contributed by atoms with E-state index in [1.165, 1.54) is 33.9 Å². The number of hydrogen-bond acceptors (Lipinski definition) is 8. The van der Waals surface area contributed by atoms with Gasteiger partial charge in [0.1, 0.15) is 5.54 Å². The average molecular weight is 545 g/mol. The van der Waals surface area contributed by atoms with Crippen LogP contribution in [0.4, 0.5) is 27.9 Å². The van der Waals surface area contributed by atoms with Gasteiger partial charge in [0.15, 0.2) is 11.5 Å². The molecular weight excluding hydrogens is 529 g/mol.